The molecule has 2 aromatic rings. The van der Waals surface area contributed by atoms with E-state index in [0.717, 1.165) is 24.3 Å². The van der Waals surface area contributed by atoms with E-state index >= 15 is 0 Å². The number of benzene rings is 2. The van der Waals surface area contributed by atoms with Crippen molar-refractivity contribution in [3.8, 4) is 0 Å². The molecule has 1 amide bonds. The maximum Gasteiger partial charge on any atom is 0.418 e. The Morgan fingerprint density at radius 1 is 1.00 bits per heavy atom. The van der Waals surface area contributed by atoms with E-state index in [-0.39, 0.29) is 36.9 Å². The summed E-state index contributed by atoms with van der Waals surface area (Å²) in [5, 5.41) is 0. The number of alkyl halides is 6. The molecular formula is C21H18F6N2O2S. The Hall–Kier alpha value is -2.66. The van der Waals surface area contributed by atoms with Gasteiger partial charge in [-0.15, -0.1) is 0 Å². The Bertz CT molecular complexity index is 1010. The zero-order valence-electron chi connectivity index (χ0n) is 16.5. The molecule has 2 aromatic carbocycles. The van der Waals surface area contributed by atoms with Crippen molar-refractivity contribution in [1.82, 2.24) is 4.90 Å². The second-order valence-electron chi connectivity index (χ2n) is 6.84. The normalized spacial score (nSPS) is 15.4. The number of halogens is 6. The van der Waals surface area contributed by atoms with E-state index in [1.54, 1.807) is 0 Å². The number of carbonyl (C=O) groups excluding carboxylic acids is 1. The second kappa shape index (κ2) is 9.45. The number of morpholine rings is 1. The molecule has 32 heavy (non-hydrogen) atoms. The minimum Gasteiger partial charge on any atom is -0.399 e. The van der Waals surface area contributed by atoms with Crippen LogP contribution in [-0.4, -0.2) is 37.1 Å². The quantitative estimate of drug-likeness (QED) is 0.368. The molecule has 4 nitrogen and oxygen atoms in total. The predicted octanol–water partition coefficient (Wildman–Crippen LogP) is 5.33. The molecule has 0 unspecified atom stereocenters. The van der Waals surface area contributed by atoms with Gasteiger partial charge in [0.15, 0.2) is 0 Å². The zero-order chi connectivity index (χ0) is 23.5. The standard InChI is InChI=1S/C21H18F6N2O2S/c22-20(23,24)18-13(5-7-17(30)29-8-10-31-11-9-29)4-6-16(19(18)21(25,26)27)32-15-3-1-2-14(28)12-15/h1-7,12H,8-11,28H2/b7-5+. The van der Waals surface area contributed by atoms with Crippen LogP contribution in [0.1, 0.15) is 16.7 Å². The number of nitrogens with zero attached hydrogens (tertiary/aromatic N) is 1. The number of nitrogen functional groups attached to an aromatic ring is 1. The highest BCUT2D eigenvalue weighted by atomic mass is 32.2. The Labute approximate surface area is 184 Å². The first kappa shape index (κ1) is 24.0. The van der Waals surface area contributed by atoms with Crippen LogP contribution in [0, 0.1) is 0 Å². The minimum absolute atomic E-state index is 0.249. The van der Waals surface area contributed by atoms with Crippen LogP contribution in [-0.2, 0) is 21.9 Å². The molecule has 1 aliphatic rings. The summed E-state index contributed by atoms with van der Waals surface area (Å²) >= 11 is 0.528. The number of hydrogen-bond acceptors (Lipinski definition) is 4. The van der Waals surface area contributed by atoms with Crippen LogP contribution >= 0.6 is 11.8 Å². The maximum atomic E-state index is 13.8. The monoisotopic (exact) mass is 476 g/mol. The molecule has 2 N–H and O–H groups in total. The fourth-order valence-electron chi connectivity index (χ4n) is 3.17. The van der Waals surface area contributed by atoms with Crippen molar-refractivity contribution in [2.45, 2.75) is 22.1 Å². The van der Waals surface area contributed by atoms with Gasteiger partial charge in [-0.05, 0) is 35.9 Å². The summed E-state index contributed by atoms with van der Waals surface area (Å²) in [5.41, 5.74) is 1.49. The lowest BCUT2D eigenvalue weighted by Crippen LogP contribution is -2.39. The summed E-state index contributed by atoms with van der Waals surface area (Å²) < 4.78 is 88.1. The second-order valence-corrected chi connectivity index (χ2v) is 7.96. The first-order valence-electron chi connectivity index (χ1n) is 9.36. The van der Waals surface area contributed by atoms with Gasteiger partial charge in [0.05, 0.1) is 24.3 Å². The summed E-state index contributed by atoms with van der Waals surface area (Å²) in [6, 6.07) is 7.70. The van der Waals surface area contributed by atoms with Gasteiger partial charge in [-0.1, -0.05) is 23.9 Å². The van der Waals surface area contributed by atoms with Crippen molar-refractivity contribution in [2.75, 3.05) is 32.0 Å². The van der Waals surface area contributed by atoms with Gasteiger partial charge in [-0.3, -0.25) is 4.79 Å². The van der Waals surface area contributed by atoms with Crippen molar-refractivity contribution in [3.05, 3.63) is 59.2 Å². The fraction of sp³-hybridized carbons (Fsp3) is 0.286. The van der Waals surface area contributed by atoms with Gasteiger partial charge >= 0.3 is 12.4 Å². The third kappa shape index (κ3) is 5.77. The van der Waals surface area contributed by atoms with Crippen LogP contribution in [0.5, 0.6) is 0 Å². The number of amides is 1. The number of ether oxygens (including phenoxy) is 1. The summed E-state index contributed by atoms with van der Waals surface area (Å²) in [6.45, 7) is 1.06. The van der Waals surface area contributed by atoms with E-state index in [0.29, 0.717) is 11.8 Å². The van der Waals surface area contributed by atoms with Gasteiger partial charge in [0.25, 0.3) is 0 Å². The predicted molar refractivity (Wildman–Crippen MR) is 108 cm³/mol. The Balaban J connectivity index is 2.06. The van der Waals surface area contributed by atoms with Crippen molar-refractivity contribution in [1.29, 1.82) is 0 Å². The van der Waals surface area contributed by atoms with E-state index in [4.69, 9.17) is 10.5 Å². The van der Waals surface area contributed by atoms with Gasteiger partial charge in [-0.2, -0.15) is 26.3 Å². The van der Waals surface area contributed by atoms with Gasteiger partial charge in [-0.25, -0.2) is 0 Å². The summed E-state index contributed by atoms with van der Waals surface area (Å²) in [7, 11) is 0. The highest BCUT2D eigenvalue weighted by Gasteiger charge is 2.46. The molecular weight excluding hydrogens is 458 g/mol. The number of nitrogens with two attached hydrogens (primary N) is 1. The van der Waals surface area contributed by atoms with Crippen molar-refractivity contribution >= 4 is 29.4 Å². The Morgan fingerprint density at radius 2 is 1.66 bits per heavy atom. The topological polar surface area (TPSA) is 55.6 Å². The van der Waals surface area contributed by atoms with E-state index in [1.807, 2.05) is 0 Å². The third-order valence-electron chi connectivity index (χ3n) is 4.58. The van der Waals surface area contributed by atoms with Gasteiger partial charge in [0.1, 0.15) is 0 Å². The summed E-state index contributed by atoms with van der Waals surface area (Å²) in [6.07, 6.45) is -8.98. The molecule has 0 aromatic heterocycles. The lowest BCUT2D eigenvalue weighted by Gasteiger charge is -2.25. The van der Waals surface area contributed by atoms with Crippen LogP contribution in [0.2, 0.25) is 0 Å². The molecule has 11 heteroatoms. The third-order valence-corrected chi connectivity index (χ3v) is 5.63. The molecule has 0 radical (unpaired) electrons. The molecule has 0 saturated carbocycles. The number of anilines is 1. The van der Waals surface area contributed by atoms with Gasteiger partial charge < -0.3 is 15.4 Å². The summed E-state index contributed by atoms with van der Waals surface area (Å²) in [4.78, 5) is 13.2. The average Bonchev–Trinajstić information content (AvgIpc) is 2.71. The first-order chi connectivity index (χ1) is 15.0. The minimum atomic E-state index is -5.31. The van der Waals surface area contributed by atoms with Crippen molar-refractivity contribution in [2.24, 2.45) is 0 Å². The van der Waals surface area contributed by atoms with Crippen molar-refractivity contribution < 1.29 is 35.9 Å². The van der Waals surface area contributed by atoms with E-state index in [2.05, 4.69) is 0 Å². The molecule has 1 aliphatic heterocycles. The van der Waals surface area contributed by atoms with E-state index in [1.165, 1.54) is 29.2 Å². The van der Waals surface area contributed by atoms with Crippen LogP contribution in [0.4, 0.5) is 32.0 Å². The largest absolute Gasteiger partial charge is 0.418 e. The molecule has 0 aliphatic carbocycles. The highest BCUT2D eigenvalue weighted by Crippen LogP contribution is 2.48. The molecule has 3 rings (SSSR count). The lowest BCUT2D eigenvalue weighted by atomic mass is 9.99. The van der Waals surface area contributed by atoms with Crippen LogP contribution in [0.25, 0.3) is 6.08 Å². The number of rotatable bonds is 4. The van der Waals surface area contributed by atoms with Crippen molar-refractivity contribution in [3.63, 3.8) is 0 Å². The SMILES string of the molecule is Nc1cccc(Sc2ccc(/C=C/C(=O)N3CCOCC3)c(C(F)(F)F)c2C(F)(F)F)c1. The maximum absolute atomic E-state index is 13.8. The van der Waals surface area contributed by atoms with E-state index < -0.39 is 39.8 Å². The molecule has 1 fully saturated rings. The Morgan fingerprint density at radius 3 is 2.25 bits per heavy atom. The van der Waals surface area contributed by atoms with Crippen LogP contribution in [0.3, 0.4) is 0 Å². The molecule has 1 saturated heterocycles. The fourth-order valence-corrected chi connectivity index (χ4v) is 4.22. The van der Waals surface area contributed by atoms with Crippen LogP contribution < -0.4 is 5.73 Å². The molecule has 172 valence electrons. The zero-order valence-corrected chi connectivity index (χ0v) is 17.3. The average molecular weight is 476 g/mol. The molecule has 1 heterocycles. The van der Waals surface area contributed by atoms with Gasteiger partial charge in [0, 0.05) is 34.6 Å². The summed E-state index contributed by atoms with van der Waals surface area (Å²) in [5.74, 6) is -0.604. The Kier molecular flexibility index (Phi) is 7.09. The smallest absolute Gasteiger partial charge is 0.399 e. The number of hydrogen-bond donors (Lipinski definition) is 1. The molecule has 0 bridgehead atoms. The van der Waals surface area contributed by atoms with E-state index in [9.17, 15) is 31.1 Å². The molecule has 0 atom stereocenters. The van der Waals surface area contributed by atoms with Crippen LogP contribution in [0.15, 0.2) is 52.3 Å². The highest BCUT2D eigenvalue weighted by molar-refractivity contribution is 7.99. The lowest BCUT2D eigenvalue weighted by molar-refractivity contribution is -0.163. The van der Waals surface area contributed by atoms with Gasteiger partial charge in [0.2, 0.25) is 5.91 Å². The first-order valence-corrected chi connectivity index (χ1v) is 10.2. The molecule has 0 spiro atoms. The number of carbonyl (C=O) groups is 1.